The van der Waals surface area contributed by atoms with E-state index in [-0.39, 0.29) is 23.2 Å². The van der Waals surface area contributed by atoms with Crippen molar-refractivity contribution in [1.82, 2.24) is 10.3 Å². The molecule has 1 aromatic heterocycles. The van der Waals surface area contributed by atoms with Crippen LogP contribution in [0.25, 0.3) is 0 Å². The predicted octanol–water partition coefficient (Wildman–Crippen LogP) is -0.178. The van der Waals surface area contributed by atoms with Gasteiger partial charge in [-0.05, 0) is 13.0 Å². The first-order chi connectivity index (χ1) is 8.49. The number of nitrogens with one attached hydrogen (secondary N) is 3. The molecule has 0 aliphatic carbocycles. The molecule has 0 radical (unpaired) electrons. The van der Waals surface area contributed by atoms with Crippen LogP contribution in [0.15, 0.2) is 12.1 Å². The lowest BCUT2D eigenvalue weighted by Crippen LogP contribution is -2.35. The van der Waals surface area contributed by atoms with E-state index in [1.807, 2.05) is 0 Å². The van der Waals surface area contributed by atoms with E-state index in [0.717, 1.165) is 0 Å². The summed E-state index contributed by atoms with van der Waals surface area (Å²) in [7, 11) is 1.47. The molecule has 1 aromatic rings. The van der Waals surface area contributed by atoms with Crippen LogP contribution in [0.1, 0.15) is 6.92 Å². The number of nitrogen functional groups attached to an aromatic ring is 1. The van der Waals surface area contributed by atoms with Gasteiger partial charge in [0.05, 0.1) is 4.92 Å². The van der Waals surface area contributed by atoms with Gasteiger partial charge < -0.3 is 16.1 Å². The minimum absolute atomic E-state index is 0.0217. The minimum Gasteiger partial charge on any atom is -0.357 e. The van der Waals surface area contributed by atoms with Crippen LogP contribution >= 0.6 is 0 Å². The zero-order valence-electron chi connectivity index (χ0n) is 9.93. The summed E-state index contributed by atoms with van der Waals surface area (Å²) in [5.74, 6) is 5.10. The molecule has 0 aliphatic rings. The van der Waals surface area contributed by atoms with Crippen molar-refractivity contribution in [3.05, 3.63) is 22.2 Å². The lowest BCUT2D eigenvalue weighted by atomic mass is 10.3. The van der Waals surface area contributed by atoms with Gasteiger partial charge in [-0.2, -0.15) is 0 Å². The van der Waals surface area contributed by atoms with E-state index in [0.29, 0.717) is 0 Å². The maximum Gasteiger partial charge on any atom is 0.311 e. The van der Waals surface area contributed by atoms with Crippen molar-refractivity contribution in [3.63, 3.8) is 0 Å². The molecule has 18 heavy (non-hydrogen) atoms. The van der Waals surface area contributed by atoms with Crippen LogP contribution in [-0.4, -0.2) is 28.9 Å². The topological polar surface area (TPSA) is 135 Å². The van der Waals surface area contributed by atoms with E-state index >= 15 is 0 Å². The SMILES string of the molecule is CNC(=O)C(C)Nc1nc(NN)ccc1[N+](=O)[O-]. The summed E-state index contributed by atoms with van der Waals surface area (Å²) >= 11 is 0. The highest BCUT2D eigenvalue weighted by Gasteiger charge is 2.20. The monoisotopic (exact) mass is 254 g/mol. The number of hydrazine groups is 1. The van der Waals surface area contributed by atoms with Gasteiger partial charge in [-0.15, -0.1) is 0 Å². The number of hydrogen-bond acceptors (Lipinski definition) is 7. The van der Waals surface area contributed by atoms with Crippen molar-refractivity contribution in [2.75, 3.05) is 17.8 Å². The normalized spacial score (nSPS) is 11.5. The Bertz CT molecular complexity index is 464. The first-order valence-corrected chi connectivity index (χ1v) is 5.09. The maximum atomic E-state index is 11.3. The number of amides is 1. The summed E-state index contributed by atoms with van der Waals surface area (Å²) in [6, 6.07) is 1.96. The van der Waals surface area contributed by atoms with Gasteiger partial charge >= 0.3 is 5.69 Å². The van der Waals surface area contributed by atoms with Crippen molar-refractivity contribution in [2.24, 2.45) is 5.84 Å². The van der Waals surface area contributed by atoms with E-state index in [4.69, 9.17) is 5.84 Å². The van der Waals surface area contributed by atoms with E-state index in [1.165, 1.54) is 19.2 Å². The fourth-order valence-electron chi connectivity index (χ4n) is 1.27. The molecule has 1 amide bonds. The van der Waals surface area contributed by atoms with Crippen LogP contribution in [0.4, 0.5) is 17.3 Å². The second-order valence-electron chi connectivity index (χ2n) is 3.45. The average Bonchev–Trinajstić information content (AvgIpc) is 2.37. The van der Waals surface area contributed by atoms with Crippen LogP contribution in [0, 0.1) is 10.1 Å². The number of aromatic nitrogens is 1. The molecule has 0 saturated heterocycles. The van der Waals surface area contributed by atoms with Crippen LogP contribution in [0.2, 0.25) is 0 Å². The molecule has 0 fully saturated rings. The number of nitrogens with zero attached hydrogens (tertiary/aromatic N) is 2. The molecule has 0 aromatic carbocycles. The molecule has 98 valence electrons. The molecule has 1 rings (SSSR count). The Labute approximate surface area is 103 Å². The van der Waals surface area contributed by atoms with Crippen LogP contribution in [-0.2, 0) is 4.79 Å². The molecule has 9 nitrogen and oxygen atoms in total. The average molecular weight is 254 g/mol. The fraction of sp³-hybridized carbons (Fsp3) is 0.333. The quantitative estimate of drug-likeness (QED) is 0.325. The Kier molecular flexibility index (Phi) is 4.38. The highest BCUT2D eigenvalue weighted by atomic mass is 16.6. The molecule has 0 aliphatic heterocycles. The van der Waals surface area contributed by atoms with E-state index < -0.39 is 11.0 Å². The number of rotatable bonds is 5. The Hall–Kier alpha value is -2.42. The Morgan fingerprint density at radius 1 is 1.56 bits per heavy atom. The number of hydrogen-bond donors (Lipinski definition) is 4. The van der Waals surface area contributed by atoms with Crippen molar-refractivity contribution >= 4 is 23.2 Å². The second-order valence-corrected chi connectivity index (χ2v) is 3.45. The van der Waals surface area contributed by atoms with Gasteiger partial charge in [0.1, 0.15) is 11.9 Å². The number of pyridine rings is 1. The molecule has 9 heteroatoms. The number of likely N-dealkylation sites (N-methyl/N-ethyl adjacent to an activating group) is 1. The van der Waals surface area contributed by atoms with Gasteiger partial charge in [-0.1, -0.05) is 0 Å². The Morgan fingerprint density at radius 3 is 2.72 bits per heavy atom. The van der Waals surface area contributed by atoms with Crippen molar-refractivity contribution < 1.29 is 9.72 Å². The van der Waals surface area contributed by atoms with Crippen LogP contribution < -0.4 is 21.9 Å². The maximum absolute atomic E-state index is 11.3. The van der Waals surface area contributed by atoms with Gasteiger partial charge in [-0.3, -0.25) is 14.9 Å². The largest absolute Gasteiger partial charge is 0.357 e. The van der Waals surface area contributed by atoms with Crippen LogP contribution in [0.3, 0.4) is 0 Å². The van der Waals surface area contributed by atoms with Crippen molar-refractivity contribution in [3.8, 4) is 0 Å². The molecule has 0 spiro atoms. The number of anilines is 2. The highest BCUT2D eigenvalue weighted by Crippen LogP contribution is 2.24. The zero-order valence-corrected chi connectivity index (χ0v) is 9.93. The Morgan fingerprint density at radius 2 is 2.22 bits per heavy atom. The molecule has 5 N–H and O–H groups in total. The molecule has 1 heterocycles. The van der Waals surface area contributed by atoms with Crippen molar-refractivity contribution in [1.29, 1.82) is 0 Å². The zero-order chi connectivity index (χ0) is 13.7. The van der Waals surface area contributed by atoms with Crippen molar-refractivity contribution in [2.45, 2.75) is 13.0 Å². The molecular weight excluding hydrogens is 240 g/mol. The highest BCUT2D eigenvalue weighted by molar-refractivity contribution is 5.84. The van der Waals surface area contributed by atoms with Gasteiger partial charge in [0.15, 0.2) is 0 Å². The molecule has 0 saturated carbocycles. The van der Waals surface area contributed by atoms with Gasteiger partial charge in [-0.25, -0.2) is 10.8 Å². The number of nitro groups is 1. The number of nitrogens with two attached hydrogens (primary N) is 1. The molecular formula is C9H14N6O3. The molecule has 0 bridgehead atoms. The fourth-order valence-corrected chi connectivity index (χ4v) is 1.27. The number of carbonyl (C=O) groups excluding carboxylic acids is 1. The summed E-state index contributed by atoms with van der Waals surface area (Å²) in [5, 5.41) is 15.9. The van der Waals surface area contributed by atoms with E-state index in [1.54, 1.807) is 6.92 Å². The third-order valence-electron chi connectivity index (χ3n) is 2.21. The lowest BCUT2D eigenvalue weighted by molar-refractivity contribution is -0.384. The third-order valence-corrected chi connectivity index (χ3v) is 2.21. The summed E-state index contributed by atoms with van der Waals surface area (Å²) in [5.41, 5.74) is 2.04. The lowest BCUT2D eigenvalue weighted by Gasteiger charge is -2.13. The van der Waals surface area contributed by atoms with Gasteiger partial charge in [0.2, 0.25) is 11.7 Å². The van der Waals surface area contributed by atoms with E-state index in [9.17, 15) is 14.9 Å². The molecule has 1 unspecified atom stereocenters. The standard InChI is InChI=1S/C9H14N6O3/c1-5(9(16)11-2)12-8-6(15(17)18)3-4-7(13-8)14-10/h3-5H,10H2,1-2H3,(H,11,16)(H2,12,13,14). The Balaban J connectivity index is 3.04. The summed E-state index contributed by atoms with van der Waals surface area (Å²) < 4.78 is 0. The summed E-state index contributed by atoms with van der Waals surface area (Å²) in [4.78, 5) is 25.5. The number of carbonyl (C=O) groups is 1. The smallest absolute Gasteiger partial charge is 0.311 e. The molecule has 1 atom stereocenters. The summed E-state index contributed by atoms with van der Waals surface area (Å²) in [6.07, 6.45) is 0. The predicted molar refractivity (Wildman–Crippen MR) is 65.9 cm³/mol. The summed E-state index contributed by atoms with van der Waals surface area (Å²) in [6.45, 7) is 1.56. The minimum atomic E-state index is -0.658. The first kappa shape index (κ1) is 13.6. The van der Waals surface area contributed by atoms with Crippen LogP contribution in [0.5, 0.6) is 0 Å². The van der Waals surface area contributed by atoms with Gasteiger partial charge in [0.25, 0.3) is 0 Å². The third kappa shape index (κ3) is 3.04. The van der Waals surface area contributed by atoms with Gasteiger partial charge in [0, 0.05) is 13.1 Å². The first-order valence-electron chi connectivity index (χ1n) is 5.09. The second kappa shape index (κ2) is 5.77. The van der Waals surface area contributed by atoms with E-state index in [2.05, 4.69) is 21.0 Å².